The fourth-order valence-corrected chi connectivity index (χ4v) is 3.70. The van der Waals surface area contributed by atoms with Crippen LogP contribution in [0.4, 0.5) is 0 Å². The van der Waals surface area contributed by atoms with Gasteiger partial charge in [0.05, 0.1) is 17.6 Å². The number of hydrogen-bond acceptors (Lipinski definition) is 6. The van der Waals surface area contributed by atoms with Crippen molar-refractivity contribution in [3.63, 3.8) is 0 Å². The SMILES string of the molecule is Cc1cn2c(=O)cc(CN3CCCn4nncc4C3)nc2s1. The molecule has 114 valence electrons. The first-order valence-corrected chi connectivity index (χ1v) is 8.09. The normalized spacial score (nSPS) is 15.9. The van der Waals surface area contributed by atoms with Gasteiger partial charge in [-0.25, -0.2) is 9.67 Å². The molecule has 22 heavy (non-hydrogen) atoms. The summed E-state index contributed by atoms with van der Waals surface area (Å²) in [6.07, 6.45) is 4.68. The maximum absolute atomic E-state index is 12.2. The Hall–Kier alpha value is -2.06. The summed E-state index contributed by atoms with van der Waals surface area (Å²) in [6.45, 7) is 5.31. The summed E-state index contributed by atoms with van der Waals surface area (Å²) in [5, 5.41) is 8.05. The molecule has 4 heterocycles. The van der Waals surface area contributed by atoms with Gasteiger partial charge in [-0.3, -0.25) is 14.1 Å². The van der Waals surface area contributed by atoms with Crippen molar-refractivity contribution in [3.8, 4) is 0 Å². The van der Waals surface area contributed by atoms with Crippen LogP contribution in [0.25, 0.3) is 4.96 Å². The fraction of sp³-hybridized carbons (Fsp3) is 0.429. The van der Waals surface area contributed by atoms with E-state index in [0.29, 0.717) is 6.54 Å². The zero-order chi connectivity index (χ0) is 15.1. The molecule has 1 aliphatic heterocycles. The lowest BCUT2D eigenvalue weighted by Crippen LogP contribution is -2.25. The van der Waals surface area contributed by atoms with Gasteiger partial charge in [-0.1, -0.05) is 5.21 Å². The summed E-state index contributed by atoms with van der Waals surface area (Å²) in [7, 11) is 0. The Morgan fingerprint density at radius 1 is 1.36 bits per heavy atom. The first-order chi connectivity index (χ1) is 10.7. The zero-order valence-electron chi connectivity index (χ0n) is 12.3. The first kappa shape index (κ1) is 13.6. The highest BCUT2D eigenvalue weighted by molar-refractivity contribution is 7.16. The molecule has 3 aromatic rings. The molecule has 0 aliphatic carbocycles. The molecule has 1 aliphatic rings. The number of fused-ring (bicyclic) bond motifs is 2. The first-order valence-electron chi connectivity index (χ1n) is 7.27. The summed E-state index contributed by atoms with van der Waals surface area (Å²) in [5.74, 6) is 0. The largest absolute Gasteiger partial charge is 0.292 e. The van der Waals surface area contributed by atoms with Gasteiger partial charge in [0, 0.05) is 43.3 Å². The van der Waals surface area contributed by atoms with Crippen molar-refractivity contribution in [3.05, 3.63) is 45.1 Å². The van der Waals surface area contributed by atoms with Crippen molar-refractivity contribution < 1.29 is 0 Å². The lowest BCUT2D eigenvalue weighted by molar-refractivity contribution is 0.258. The Kier molecular flexibility index (Phi) is 3.27. The molecule has 0 N–H and O–H groups in total. The Balaban J connectivity index is 1.62. The van der Waals surface area contributed by atoms with Gasteiger partial charge in [0.15, 0.2) is 4.96 Å². The highest BCUT2D eigenvalue weighted by Gasteiger charge is 2.16. The number of rotatable bonds is 2. The molecule has 3 aromatic heterocycles. The number of thiazole rings is 1. The summed E-state index contributed by atoms with van der Waals surface area (Å²) < 4.78 is 3.57. The van der Waals surface area contributed by atoms with E-state index in [9.17, 15) is 4.79 Å². The van der Waals surface area contributed by atoms with Gasteiger partial charge in [-0.2, -0.15) is 0 Å². The maximum Gasteiger partial charge on any atom is 0.258 e. The van der Waals surface area contributed by atoms with Crippen LogP contribution in [-0.4, -0.2) is 35.8 Å². The molecule has 0 saturated carbocycles. The maximum atomic E-state index is 12.2. The molecular formula is C14H16N6OS. The van der Waals surface area contributed by atoms with E-state index in [1.54, 1.807) is 21.8 Å². The van der Waals surface area contributed by atoms with Crippen molar-refractivity contribution in [1.29, 1.82) is 0 Å². The molecular weight excluding hydrogens is 300 g/mol. The van der Waals surface area contributed by atoms with Crippen LogP contribution in [0.2, 0.25) is 0 Å². The molecule has 7 nitrogen and oxygen atoms in total. The standard InChI is InChI=1S/C14H16N6OS/c1-10-7-19-13(21)5-11(16-14(19)22-10)8-18-3-2-4-20-12(9-18)6-15-17-20/h5-7H,2-4,8-9H2,1H3. The number of aromatic nitrogens is 5. The monoisotopic (exact) mass is 316 g/mol. The van der Waals surface area contributed by atoms with E-state index in [1.165, 1.54) is 0 Å². The number of nitrogens with zero attached hydrogens (tertiary/aromatic N) is 6. The van der Waals surface area contributed by atoms with Gasteiger partial charge in [-0.05, 0) is 13.3 Å². The molecule has 0 amide bonds. The third-order valence-electron chi connectivity index (χ3n) is 3.85. The Labute approximate surface area is 130 Å². The molecule has 0 spiro atoms. The molecule has 0 radical (unpaired) electrons. The van der Waals surface area contributed by atoms with Crippen LogP contribution < -0.4 is 5.56 Å². The average Bonchev–Trinajstić information content (AvgIpc) is 3.01. The second-order valence-corrected chi connectivity index (χ2v) is 6.81. The summed E-state index contributed by atoms with van der Waals surface area (Å²) >= 11 is 1.55. The predicted octanol–water partition coefficient (Wildman–Crippen LogP) is 1.06. The highest BCUT2D eigenvalue weighted by Crippen LogP contribution is 2.16. The van der Waals surface area contributed by atoms with E-state index < -0.39 is 0 Å². The van der Waals surface area contributed by atoms with Gasteiger partial charge < -0.3 is 0 Å². The molecule has 0 bridgehead atoms. The van der Waals surface area contributed by atoms with E-state index in [2.05, 4.69) is 20.2 Å². The van der Waals surface area contributed by atoms with E-state index in [1.807, 2.05) is 24.0 Å². The van der Waals surface area contributed by atoms with Gasteiger partial charge in [0.25, 0.3) is 5.56 Å². The van der Waals surface area contributed by atoms with Crippen molar-refractivity contribution in [2.45, 2.75) is 33.0 Å². The van der Waals surface area contributed by atoms with Crippen LogP contribution in [0, 0.1) is 6.92 Å². The fourth-order valence-electron chi connectivity index (χ4n) is 2.85. The van der Waals surface area contributed by atoms with Crippen molar-refractivity contribution >= 4 is 16.3 Å². The van der Waals surface area contributed by atoms with Gasteiger partial charge in [0.1, 0.15) is 0 Å². The molecule has 0 saturated heterocycles. The van der Waals surface area contributed by atoms with Gasteiger partial charge >= 0.3 is 0 Å². The predicted molar refractivity (Wildman–Crippen MR) is 82.8 cm³/mol. The van der Waals surface area contributed by atoms with Crippen LogP contribution in [0.3, 0.4) is 0 Å². The zero-order valence-corrected chi connectivity index (χ0v) is 13.1. The second-order valence-electron chi connectivity index (χ2n) is 5.59. The van der Waals surface area contributed by atoms with Crippen LogP contribution in [0.15, 0.2) is 23.3 Å². The molecule has 0 aromatic carbocycles. The summed E-state index contributed by atoms with van der Waals surface area (Å²) in [4.78, 5) is 20.9. The van der Waals surface area contributed by atoms with E-state index in [4.69, 9.17) is 0 Å². The minimum absolute atomic E-state index is 0.00844. The van der Waals surface area contributed by atoms with Gasteiger partial charge in [0.2, 0.25) is 0 Å². The van der Waals surface area contributed by atoms with Crippen molar-refractivity contribution in [1.82, 2.24) is 29.3 Å². The Morgan fingerprint density at radius 2 is 2.27 bits per heavy atom. The Bertz CT molecular complexity index is 879. The molecule has 8 heteroatoms. The third-order valence-corrected chi connectivity index (χ3v) is 4.75. The average molecular weight is 316 g/mol. The molecule has 4 rings (SSSR count). The van der Waals surface area contributed by atoms with E-state index in [0.717, 1.165) is 47.3 Å². The van der Waals surface area contributed by atoms with Crippen LogP contribution in [-0.2, 0) is 19.6 Å². The minimum atomic E-state index is -0.00844. The van der Waals surface area contributed by atoms with Crippen molar-refractivity contribution in [2.75, 3.05) is 6.54 Å². The van der Waals surface area contributed by atoms with Crippen LogP contribution in [0.5, 0.6) is 0 Å². The van der Waals surface area contributed by atoms with Crippen LogP contribution >= 0.6 is 11.3 Å². The number of hydrogen-bond donors (Lipinski definition) is 0. The van der Waals surface area contributed by atoms with Crippen molar-refractivity contribution in [2.24, 2.45) is 0 Å². The molecule has 0 unspecified atom stereocenters. The van der Waals surface area contributed by atoms with Gasteiger partial charge in [-0.15, -0.1) is 16.4 Å². The Morgan fingerprint density at radius 3 is 3.18 bits per heavy atom. The molecule has 0 atom stereocenters. The highest BCUT2D eigenvalue weighted by atomic mass is 32.1. The number of aryl methyl sites for hydroxylation is 2. The lowest BCUT2D eigenvalue weighted by Gasteiger charge is -2.18. The van der Waals surface area contributed by atoms with E-state index >= 15 is 0 Å². The quantitative estimate of drug-likeness (QED) is 0.707. The summed E-state index contributed by atoms with van der Waals surface area (Å²) in [5.41, 5.74) is 1.93. The van der Waals surface area contributed by atoms with E-state index in [-0.39, 0.29) is 5.56 Å². The molecule has 0 fully saturated rings. The smallest absolute Gasteiger partial charge is 0.258 e. The lowest BCUT2D eigenvalue weighted by atomic mass is 10.3. The van der Waals surface area contributed by atoms with Crippen LogP contribution in [0.1, 0.15) is 22.7 Å². The minimum Gasteiger partial charge on any atom is -0.292 e. The summed E-state index contributed by atoms with van der Waals surface area (Å²) in [6, 6.07) is 1.64. The third kappa shape index (κ3) is 2.44. The second kappa shape index (κ2) is 5.29. The topological polar surface area (TPSA) is 68.3 Å².